The number of anilines is 2. The quantitative estimate of drug-likeness (QED) is 0.589. The predicted octanol–water partition coefficient (Wildman–Crippen LogP) is 3.61. The summed E-state index contributed by atoms with van der Waals surface area (Å²) in [5.41, 5.74) is 2.43. The Bertz CT molecular complexity index is 1210. The highest BCUT2D eigenvalue weighted by molar-refractivity contribution is 6.32. The van der Waals surface area contributed by atoms with E-state index < -0.39 is 0 Å². The van der Waals surface area contributed by atoms with Gasteiger partial charge in [0.25, 0.3) is 0 Å². The molecule has 1 aliphatic heterocycles. The molecule has 0 radical (unpaired) electrons. The molecule has 3 aromatic rings. The Labute approximate surface area is 203 Å². The Balaban J connectivity index is 1.44. The van der Waals surface area contributed by atoms with Crippen LogP contribution in [0.25, 0.3) is 5.82 Å². The van der Waals surface area contributed by atoms with Gasteiger partial charge in [0.2, 0.25) is 0 Å². The molecule has 0 bridgehead atoms. The molecule has 0 aliphatic carbocycles. The summed E-state index contributed by atoms with van der Waals surface area (Å²) in [6.45, 7) is 8.18. The first kappa shape index (κ1) is 23.6. The lowest BCUT2D eigenvalue weighted by Gasteiger charge is -2.35. The Kier molecular flexibility index (Phi) is 6.78. The SMILES string of the molecule is COc1cc(OC)c(NC(=O)N2CCN(c3cc(-n4nc(C)cc4C)nc(C)n3)CC2)cc1Cl. The number of aromatic nitrogens is 4. The zero-order valence-electron chi connectivity index (χ0n) is 19.9. The molecule has 10 nitrogen and oxygen atoms in total. The highest BCUT2D eigenvalue weighted by atomic mass is 35.5. The van der Waals surface area contributed by atoms with Gasteiger partial charge in [-0.25, -0.2) is 19.4 Å². The van der Waals surface area contributed by atoms with Crippen LogP contribution < -0.4 is 19.7 Å². The highest BCUT2D eigenvalue weighted by Crippen LogP contribution is 2.36. The van der Waals surface area contributed by atoms with Crippen molar-refractivity contribution in [2.75, 3.05) is 50.6 Å². The van der Waals surface area contributed by atoms with E-state index in [1.54, 1.807) is 17.0 Å². The van der Waals surface area contributed by atoms with E-state index in [0.29, 0.717) is 54.2 Å². The van der Waals surface area contributed by atoms with Crippen LogP contribution in [0.2, 0.25) is 5.02 Å². The number of ether oxygens (including phenoxy) is 2. The minimum Gasteiger partial charge on any atom is -0.495 e. The fourth-order valence-electron chi connectivity index (χ4n) is 3.96. The Hall–Kier alpha value is -3.53. The first-order valence-electron chi connectivity index (χ1n) is 10.9. The summed E-state index contributed by atoms with van der Waals surface area (Å²) in [6.07, 6.45) is 0. The molecule has 3 heterocycles. The maximum Gasteiger partial charge on any atom is 0.322 e. The van der Waals surface area contributed by atoms with E-state index in [-0.39, 0.29) is 6.03 Å². The molecule has 34 heavy (non-hydrogen) atoms. The summed E-state index contributed by atoms with van der Waals surface area (Å²) in [5.74, 6) is 3.17. The van der Waals surface area contributed by atoms with Crippen molar-refractivity contribution in [3.63, 3.8) is 0 Å². The third-order valence-electron chi connectivity index (χ3n) is 5.64. The number of carbonyl (C=O) groups is 1. The van der Waals surface area contributed by atoms with Gasteiger partial charge in [0.05, 0.1) is 30.6 Å². The van der Waals surface area contributed by atoms with Crippen LogP contribution in [0, 0.1) is 20.8 Å². The second kappa shape index (κ2) is 9.76. The minimum absolute atomic E-state index is 0.221. The van der Waals surface area contributed by atoms with Gasteiger partial charge in [-0.15, -0.1) is 0 Å². The molecular formula is C23H28ClN7O3. The third-order valence-corrected chi connectivity index (χ3v) is 5.94. The van der Waals surface area contributed by atoms with Crippen molar-refractivity contribution in [3.05, 3.63) is 46.5 Å². The molecule has 4 rings (SSSR count). The van der Waals surface area contributed by atoms with Crippen LogP contribution in [0.5, 0.6) is 11.5 Å². The molecule has 0 unspecified atom stereocenters. The first-order valence-corrected chi connectivity index (χ1v) is 11.3. The number of benzene rings is 1. The summed E-state index contributed by atoms with van der Waals surface area (Å²) in [7, 11) is 3.05. The number of amides is 2. The number of rotatable bonds is 5. The zero-order chi connectivity index (χ0) is 24.4. The lowest BCUT2D eigenvalue weighted by molar-refractivity contribution is 0.208. The van der Waals surface area contributed by atoms with Gasteiger partial charge in [-0.1, -0.05) is 11.6 Å². The fraction of sp³-hybridized carbons (Fsp3) is 0.391. The predicted molar refractivity (Wildman–Crippen MR) is 131 cm³/mol. The van der Waals surface area contributed by atoms with E-state index in [1.807, 2.05) is 37.6 Å². The average molecular weight is 486 g/mol. The molecule has 1 aromatic carbocycles. The summed E-state index contributed by atoms with van der Waals surface area (Å²) >= 11 is 6.23. The van der Waals surface area contributed by atoms with E-state index in [2.05, 4.69) is 25.3 Å². The topological polar surface area (TPSA) is 97.6 Å². The van der Waals surface area contributed by atoms with E-state index >= 15 is 0 Å². The number of aryl methyl sites for hydroxylation is 3. The van der Waals surface area contributed by atoms with Crippen LogP contribution in [0.15, 0.2) is 24.3 Å². The van der Waals surface area contributed by atoms with Gasteiger partial charge in [-0.3, -0.25) is 0 Å². The molecule has 0 spiro atoms. The number of nitrogens with one attached hydrogen (secondary N) is 1. The second-order valence-electron chi connectivity index (χ2n) is 8.06. The average Bonchev–Trinajstić information content (AvgIpc) is 3.16. The summed E-state index contributed by atoms with van der Waals surface area (Å²) < 4.78 is 12.4. The van der Waals surface area contributed by atoms with Crippen molar-refractivity contribution in [1.82, 2.24) is 24.6 Å². The van der Waals surface area contributed by atoms with Crippen LogP contribution in [-0.2, 0) is 0 Å². The maximum atomic E-state index is 12.9. The summed E-state index contributed by atoms with van der Waals surface area (Å²) in [5, 5.41) is 7.82. The van der Waals surface area contributed by atoms with Gasteiger partial charge in [-0.2, -0.15) is 5.10 Å². The summed E-state index contributed by atoms with van der Waals surface area (Å²) in [4.78, 5) is 26.0. The number of piperazine rings is 1. The largest absolute Gasteiger partial charge is 0.495 e. The van der Waals surface area contributed by atoms with Gasteiger partial charge in [-0.05, 0) is 32.9 Å². The van der Waals surface area contributed by atoms with Crippen LogP contribution >= 0.6 is 11.6 Å². The van der Waals surface area contributed by atoms with Crippen LogP contribution in [-0.4, -0.2) is 71.1 Å². The van der Waals surface area contributed by atoms with Crippen LogP contribution in [0.1, 0.15) is 17.2 Å². The van der Waals surface area contributed by atoms with Gasteiger partial charge >= 0.3 is 6.03 Å². The zero-order valence-corrected chi connectivity index (χ0v) is 20.7. The van der Waals surface area contributed by atoms with Crippen molar-refractivity contribution in [2.24, 2.45) is 0 Å². The number of halogens is 1. The molecule has 11 heteroatoms. The molecule has 2 aromatic heterocycles. The fourth-order valence-corrected chi connectivity index (χ4v) is 4.20. The molecule has 2 amide bonds. The molecule has 1 fully saturated rings. The first-order chi connectivity index (χ1) is 16.3. The number of hydrogen-bond donors (Lipinski definition) is 1. The van der Waals surface area contributed by atoms with Gasteiger partial charge in [0, 0.05) is 44.0 Å². The van der Waals surface area contributed by atoms with E-state index in [4.69, 9.17) is 21.1 Å². The smallest absolute Gasteiger partial charge is 0.322 e. The standard InChI is InChI=1S/C23H28ClN7O3/c1-14-10-15(2)31(28-14)22-13-21(25-16(3)26-22)29-6-8-30(9-7-29)23(32)27-18-11-17(24)19(33-4)12-20(18)34-5/h10-13H,6-9H2,1-5H3,(H,27,32). The van der Waals surface area contributed by atoms with Gasteiger partial charge < -0.3 is 24.6 Å². The number of methoxy groups -OCH3 is 2. The van der Waals surface area contributed by atoms with Crippen molar-refractivity contribution in [1.29, 1.82) is 0 Å². The lowest BCUT2D eigenvalue weighted by atomic mass is 10.2. The Morgan fingerprint density at radius 3 is 2.24 bits per heavy atom. The lowest BCUT2D eigenvalue weighted by Crippen LogP contribution is -2.50. The molecular weight excluding hydrogens is 458 g/mol. The molecule has 0 atom stereocenters. The maximum absolute atomic E-state index is 12.9. The number of nitrogens with zero attached hydrogens (tertiary/aromatic N) is 6. The normalized spacial score (nSPS) is 13.7. The highest BCUT2D eigenvalue weighted by Gasteiger charge is 2.24. The van der Waals surface area contributed by atoms with Crippen molar-refractivity contribution >= 4 is 29.1 Å². The number of hydrogen-bond acceptors (Lipinski definition) is 7. The van der Waals surface area contributed by atoms with Crippen molar-refractivity contribution < 1.29 is 14.3 Å². The molecule has 1 saturated heterocycles. The molecule has 1 aliphatic rings. The number of carbonyl (C=O) groups excluding carboxylic acids is 1. The molecule has 0 saturated carbocycles. The second-order valence-corrected chi connectivity index (χ2v) is 8.47. The Morgan fingerprint density at radius 2 is 1.62 bits per heavy atom. The van der Waals surface area contributed by atoms with Gasteiger partial charge in [0.15, 0.2) is 5.82 Å². The van der Waals surface area contributed by atoms with Crippen molar-refractivity contribution in [3.8, 4) is 17.3 Å². The van der Waals surface area contributed by atoms with E-state index in [1.165, 1.54) is 14.2 Å². The van der Waals surface area contributed by atoms with E-state index in [0.717, 1.165) is 23.0 Å². The molecule has 1 N–H and O–H groups in total. The molecule has 180 valence electrons. The van der Waals surface area contributed by atoms with Crippen LogP contribution in [0.3, 0.4) is 0 Å². The number of urea groups is 1. The van der Waals surface area contributed by atoms with E-state index in [9.17, 15) is 4.79 Å². The van der Waals surface area contributed by atoms with Crippen LogP contribution in [0.4, 0.5) is 16.3 Å². The third kappa shape index (κ3) is 4.86. The monoisotopic (exact) mass is 485 g/mol. The minimum atomic E-state index is -0.221. The Morgan fingerprint density at radius 1 is 0.941 bits per heavy atom. The van der Waals surface area contributed by atoms with Gasteiger partial charge in [0.1, 0.15) is 23.1 Å². The summed E-state index contributed by atoms with van der Waals surface area (Å²) in [6, 6.07) is 7.00. The van der Waals surface area contributed by atoms with Crippen molar-refractivity contribution in [2.45, 2.75) is 20.8 Å².